The van der Waals surface area contributed by atoms with E-state index in [-0.39, 0.29) is 5.78 Å². The second-order valence-electron chi connectivity index (χ2n) is 2.93. The topological polar surface area (TPSA) is 39.4 Å². The van der Waals surface area contributed by atoms with E-state index in [9.17, 15) is 4.79 Å². The SMILES string of the molecule is Cc1occc1C(=O)C1=CCCO1. The fourth-order valence-corrected chi connectivity index (χ4v) is 1.33. The minimum absolute atomic E-state index is 0.0799. The average Bonchev–Trinajstić information content (AvgIpc) is 2.72. The first-order valence-corrected chi connectivity index (χ1v) is 4.21. The second-order valence-corrected chi connectivity index (χ2v) is 2.93. The molecule has 0 radical (unpaired) electrons. The molecular formula is C10H10O3. The van der Waals surface area contributed by atoms with E-state index in [4.69, 9.17) is 9.15 Å². The number of furan rings is 1. The number of allylic oxidation sites excluding steroid dienone is 1. The monoisotopic (exact) mass is 178 g/mol. The molecule has 0 aliphatic carbocycles. The van der Waals surface area contributed by atoms with E-state index >= 15 is 0 Å². The second kappa shape index (κ2) is 3.09. The fourth-order valence-electron chi connectivity index (χ4n) is 1.33. The first kappa shape index (κ1) is 8.10. The van der Waals surface area contributed by atoms with Gasteiger partial charge in [0.2, 0.25) is 5.78 Å². The van der Waals surface area contributed by atoms with E-state index in [1.54, 1.807) is 13.0 Å². The quantitative estimate of drug-likeness (QED) is 0.651. The summed E-state index contributed by atoms with van der Waals surface area (Å²) in [5.74, 6) is 1.01. The van der Waals surface area contributed by atoms with Crippen LogP contribution in [0.15, 0.2) is 28.6 Å². The Labute approximate surface area is 76.0 Å². The summed E-state index contributed by atoms with van der Waals surface area (Å²) >= 11 is 0. The Morgan fingerprint density at radius 1 is 1.54 bits per heavy atom. The molecule has 13 heavy (non-hydrogen) atoms. The molecule has 2 rings (SSSR count). The number of Topliss-reactive ketones (excluding diaryl/α,β-unsaturated/α-hetero) is 1. The van der Waals surface area contributed by atoms with E-state index in [0.717, 1.165) is 6.42 Å². The highest BCUT2D eigenvalue weighted by Gasteiger charge is 2.19. The van der Waals surface area contributed by atoms with Gasteiger partial charge in [0, 0.05) is 6.42 Å². The average molecular weight is 178 g/mol. The zero-order chi connectivity index (χ0) is 9.26. The molecule has 1 aliphatic rings. The van der Waals surface area contributed by atoms with Crippen molar-refractivity contribution in [1.82, 2.24) is 0 Å². The summed E-state index contributed by atoms with van der Waals surface area (Å²) in [6.07, 6.45) is 4.14. The number of carbonyl (C=O) groups is 1. The Morgan fingerprint density at radius 2 is 2.38 bits per heavy atom. The molecule has 2 heterocycles. The van der Waals surface area contributed by atoms with Crippen molar-refractivity contribution in [1.29, 1.82) is 0 Å². The summed E-state index contributed by atoms with van der Waals surface area (Å²) in [5.41, 5.74) is 0.591. The van der Waals surface area contributed by atoms with Crippen LogP contribution in [0.5, 0.6) is 0 Å². The number of ketones is 1. The van der Waals surface area contributed by atoms with Crippen LogP contribution in [-0.4, -0.2) is 12.4 Å². The highest BCUT2D eigenvalue weighted by atomic mass is 16.5. The molecule has 0 spiro atoms. The first-order valence-electron chi connectivity index (χ1n) is 4.21. The van der Waals surface area contributed by atoms with Gasteiger partial charge in [-0.05, 0) is 19.1 Å². The van der Waals surface area contributed by atoms with Gasteiger partial charge in [-0.2, -0.15) is 0 Å². The van der Waals surface area contributed by atoms with Crippen LogP contribution in [0.3, 0.4) is 0 Å². The number of rotatable bonds is 2. The van der Waals surface area contributed by atoms with E-state index in [0.29, 0.717) is 23.7 Å². The normalized spacial score (nSPS) is 15.3. The highest BCUT2D eigenvalue weighted by Crippen LogP contribution is 2.18. The molecule has 0 bridgehead atoms. The molecule has 0 amide bonds. The molecule has 1 aromatic rings. The van der Waals surface area contributed by atoms with Crippen LogP contribution in [0.4, 0.5) is 0 Å². The van der Waals surface area contributed by atoms with Crippen LogP contribution < -0.4 is 0 Å². The maximum Gasteiger partial charge on any atom is 0.230 e. The van der Waals surface area contributed by atoms with Crippen LogP contribution in [0, 0.1) is 6.92 Å². The van der Waals surface area contributed by atoms with E-state index in [1.165, 1.54) is 6.26 Å². The number of hydrogen-bond acceptors (Lipinski definition) is 3. The molecule has 0 N–H and O–H groups in total. The van der Waals surface area contributed by atoms with Gasteiger partial charge in [0.15, 0.2) is 5.76 Å². The molecule has 0 fully saturated rings. The number of hydrogen-bond donors (Lipinski definition) is 0. The van der Waals surface area contributed by atoms with E-state index in [1.807, 2.05) is 6.08 Å². The standard InChI is InChI=1S/C10H10O3/c1-7-8(4-6-12-7)10(11)9-3-2-5-13-9/h3-4,6H,2,5H2,1H3. The number of carbonyl (C=O) groups excluding carboxylic acids is 1. The Morgan fingerprint density at radius 3 is 2.92 bits per heavy atom. The first-order chi connectivity index (χ1) is 6.29. The van der Waals surface area contributed by atoms with Crippen LogP contribution in [0.2, 0.25) is 0 Å². The van der Waals surface area contributed by atoms with Gasteiger partial charge in [-0.3, -0.25) is 4.79 Å². The molecule has 0 atom stereocenters. The zero-order valence-corrected chi connectivity index (χ0v) is 7.37. The van der Waals surface area contributed by atoms with Gasteiger partial charge in [-0.15, -0.1) is 0 Å². The van der Waals surface area contributed by atoms with Crippen molar-refractivity contribution in [2.75, 3.05) is 6.61 Å². The minimum atomic E-state index is -0.0799. The molecular weight excluding hydrogens is 168 g/mol. The third kappa shape index (κ3) is 1.37. The van der Waals surface area contributed by atoms with Crippen molar-refractivity contribution in [3.63, 3.8) is 0 Å². The molecule has 3 nitrogen and oxygen atoms in total. The Kier molecular flexibility index (Phi) is 1.93. The summed E-state index contributed by atoms with van der Waals surface area (Å²) in [7, 11) is 0. The van der Waals surface area contributed by atoms with Crippen molar-refractivity contribution in [2.45, 2.75) is 13.3 Å². The van der Waals surface area contributed by atoms with Crippen LogP contribution in [0.1, 0.15) is 22.5 Å². The number of aryl methyl sites for hydroxylation is 1. The van der Waals surface area contributed by atoms with Gasteiger partial charge in [-0.25, -0.2) is 0 Å². The fraction of sp³-hybridized carbons (Fsp3) is 0.300. The molecule has 1 aromatic heterocycles. The highest BCUT2D eigenvalue weighted by molar-refractivity contribution is 6.08. The van der Waals surface area contributed by atoms with Gasteiger partial charge in [-0.1, -0.05) is 0 Å². The van der Waals surface area contributed by atoms with Gasteiger partial charge < -0.3 is 9.15 Å². The van der Waals surface area contributed by atoms with Gasteiger partial charge in [0.25, 0.3) is 0 Å². The smallest absolute Gasteiger partial charge is 0.230 e. The van der Waals surface area contributed by atoms with Crippen LogP contribution in [-0.2, 0) is 4.74 Å². The summed E-state index contributed by atoms with van der Waals surface area (Å²) in [6.45, 7) is 2.38. The maximum atomic E-state index is 11.7. The molecule has 3 heteroatoms. The van der Waals surface area contributed by atoms with Gasteiger partial charge in [0.05, 0.1) is 18.4 Å². The van der Waals surface area contributed by atoms with Gasteiger partial charge >= 0.3 is 0 Å². The predicted octanol–water partition coefficient (Wildman–Crippen LogP) is 2.07. The molecule has 0 unspecified atom stereocenters. The minimum Gasteiger partial charge on any atom is -0.489 e. The van der Waals surface area contributed by atoms with E-state index < -0.39 is 0 Å². The third-order valence-corrected chi connectivity index (χ3v) is 2.03. The largest absolute Gasteiger partial charge is 0.489 e. The van der Waals surface area contributed by atoms with Crippen molar-refractivity contribution >= 4 is 5.78 Å². The Bertz CT molecular complexity index is 360. The maximum absolute atomic E-state index is 11.7. The molecule has 1 aliphatic heterocycles. The summed E-state index contributed by atoms with van der Waals surface area (Å²) < 4.78 is 10.2. The van der Waals surface area contributed by atoms with Crippen LogP contribution >= 0.6 is 0 Å². The van der Waals surface area contributed by atoms with Gasteiger partial charge in [0.1, 0.15) is 5.76 Å². The zero-order valence-electron chi connectivity index (χ0n) is 7.37. The van der Waals surface area contributed by atoms with Crippen molar-refractivity contribution in [3.05, 3.63) is 35.5 Å². The lowest BCUT2D eigenvalue weighted by atomic mass is 10.1. The lowest BCUT2D eigenvalue weighted by Crippen LogP contribution is -2.03. The van der Waals surface area contributed by atoms with Crippen LogP contribution in [0.25, 0.3) is 0 Å². The lowest BCUT2D eigenvalue weighted by molar-refractivity contribution is 0.0941. The molecule has 0 aromatic carbocycles. The van der Waals surface area contributed by atoms with Crippen molar-refractivity contribution < 1.29 is 13.9 Å². The summed E-state index contributed by atoms with van der Waals surface area (Å²) in [6, 6.07) is 1.67. The Hall–Kier alpha value is -1.51. The predicted molar refractivity (Wildman–Crippen MR) is 46.4 cm³/mol. The molecule has 0 saturated heterocycles. The van der Waals surface area contributed by atoms with Crippen molar-refractivity contribution in [3.8, 4) is 0 Å². The molecule has 68 valence electrons. The number of ether oxygens (including phenoxy) is 1. The molecule has 0 saturated carbocycles. The Balaban J connectivity index is 2.27. The van der Waals surface area contributed by atoms with E-state index in [2.05, 4.69) is 0 Å². The summed E-state index contributed by atoms with van der Waals surface area (Å²) in [4.78, 5) is 11.7. The lowest BCUT2D eigenvalue weighted by Gasteiger charge is -2.00. The summed E-state index contributed by atoms with van der Waals surface area (Å²) in [5, 5.41) is 0. The van der Waals surface area contributed by atoms with Crippen molar-refractivity contribution in [2.24, 2.45) is 0 Å². The third-order valence-electron chi connectivity index (χ3n) is 2.03.